The lowest BCUT2D eigenvalue weighted by atomic mass is 9.94. The average molecular weight is 265 g/mol. The Morgan fingerprint density at radius 1 is 1.16 bits per heavy atom. The van der Waals surface area contributed by atoms with Crippen molar-refractivity contribution in [2.24, 2.45) is 0 Å². The van der Waals surface area contributed by atoms with Crippen LogP contribution in [-0.2, 0) is 0 Å². The molecule has 0 spiro atoms. The molecule has 19 heavy (non-hydrogen) atoms. The normalized spacial score (nSPS) is 20.8. The fraction of sp³-hybridized carbons (Fsp3) is 0.625. The smallest absolute Gasteiger partial charge is 0.123 e. The molecule has 0 unspecified atom stereocenters. The van der Waals surface area contributed by atoms with Crippen molar-refractivity contribution < 1.29 is 9.50 Å². The maximum absolute atomic E-state index is 12.9. The van der Waals surface area contributed by atoms with Crippen LogP contribution in [0.4, 0.5) is 4.39 Å². The van der Waals surface area contributed by atoms with Gasteiger partial charge in [-0.2, -0.15) is 0 Å². The predicted molar refractivity (Wildman–Crippen MR) is 75.5 cm³/mol. The van der Waals surface area contributed by atoms with E-state index < -0.39 is 5.60 Å². The zero-order valence-electron chi connectivity index (χ0n) is 11.7. The van der Waals surface area contributed by atoms with Crippen LogP contribution >= 0.6 is 0 Å². The predicted octanol–water partition coefficient (Wildman–Crippen LogP) is 3.56. The molecule has 1 aromatic rings. The molecule has 0 amide bonds. The molecule has 0 saturated heterocycles. The van der Waals surface area contributed by atoms with Crippen molar-refractivity contribution in [3.63, 3.8) is 0 Å². The summed E-state index contributed by atoms with van der Waals surface area (Å²) < 4.78 is 12.9. The molecule has 1 aliphatic carbocycles. The third-order valence-corrected chi connectivity index (χ3v) is 4.14. The first kappa shape index (κ1) is 14.5. The molecule has 0 bridgehead atoms. The van der Waals surface area contributed by atoms with Gasteiger partial charge in [-0.05, 0) is 37.5 Å². The lowest BCUT2D eigenvalue weighted by Gasteiger charge is -2.29. The van der Waals surface area contributed by atoms with Crippen LogP contribution in [0.2, 0.25) is 0 Å². The lowest BCUT2D eigenvalue weighted by Crippen LogP contribution is -2.41. The molecule has 1 aliphatic rings. The third-order valence-electron chi connectivity index (χ3n) is 4.14. The summed E-state index contributed by atoms with van der Waals surface area (Å²) >= 11 is 0. The number of aliphatic hydroxyl groups is 1. The fourth-order valence-corrected chi connectivity index (χ4v) is 2.78. The second-order valence-corrected chi connectivity index (χ2v) is 5.79. The average Bonchev–Trinajstić information content (AvgIpc) is 2.62. The Kier molecular flexibility index (Phi) is 4.94. The first-order chi connectivity index (χ1) is 9.09. The zero-order valence-corrected chi connectivity index (χ0v) is 11.7. The van der Waals surface area contributed by atoms with Gasteiger partial charge in [0.15, 0.2) is 0 Å². The van der Waals surface area contributed by atoms with Crippen molar-refractivity contribution in [2.75, 3.05) is 6.54 Å². The molecule has 1 saturated carbocycles. The molecule has 3 heteroatoms. The fourth-order valence-electron chi connectivity index (χ4n) is 2.78. The van der Waals surface area contributed by atoms with Gasteiger partial charge in [-0.15, -0.1) is 0 Å². The van der Waals surface area contributed by atoms with E-state index in [1.807, 2.05) is 6.92 Å². The molecular weight excluding hydrogens is 241 g/mol. The maximum atomic E-state index is 12.9. The van der Waals surface area contributed by atoms with E-state index in [2.05, 4.69) is 5.32 Å². The summed E-state index contributed by atoms with van der Waals surface area (Å²) in [5.74, 6) is -0.210. The zero-order chi connectivity index (χ0) is 13.7. The van der Waals surface area contributed by atoms with Gasteiger partial charge in [0.25, 0.3) is 0 Å². The number of hydrogen-bond acceptors (Lipinski definition) is 2. The van der Waals surface area contributed by atoms with E-state index in [0.717, 1.165) is 31.2 Å². The third kappa shape index (κ3) is 4.29. The van der Waals surface area contributed by atoms with E-state index >= 15 is 0 Å². The van der Waals surface area contributed by atoms with Crippen LogP contribution in [0.15, 0.2) is 24.3 Å². The van der Waals surface area contributed by atoms with Crippen molar-refractivity contribution in [1.82, 2.24) is 5.32 Å². The van der Waals surface area contributed by atoms with E-state index in [4.69, 9.17) is 0 Å². The Bertz CT molecular complexity index is 382. The van der Waals surface area contributed by atoms with Gasteiger partial charge in [-0.25, -0.2) is 4.39 Å². The Morgan fingerprint density at radius 3 is 2.32 bits per heavy atom. The molecule has 1 atom stereocenters. The highest BCUT2D eigenvalue weighted by atomic mass is 19.1. The van der Waals surface area contributed by atoms with E-state index in [0.29, 0.717) is 6.54 Å². The maximum Gasteiger partial charge on any atom is 0.123 e. The van der Waals surface area contributed by atoms with E-state index in [1.165, 1.54) is 25.0 Å². The highest BCUT2D eigenvalue weighted by molar-refractivity contribution is 5.19. The Hall–Kier alpha value is -0.930. The highest BCUT2D eigenvalue weighted by Gasteiger charge is 2.28. The second kappa shape index (κ2) is 6.49. The standard InChI is InChI=1S/C16H24FNO/c1-13(14-6-8-15(17)9-7-14)18-12-16(19)10-4-2-3-5-11-16/h6-9,13,18-19H,2-5,10-12H2,1H3/t13-/m1/s1. The van der Waals surface area contributed by atoms with Crippen LogP contribution in [0.5, 0.6) is 0 Å². The number of rotatable bonds is 4. The van der Waals surface area contributed by atoms with Crippen LogP contribution in [0.1, 0.15) is 57.1 Å². The largest absolute Gasteiger partial charge is 0.389 e. The molecule has 106 valence electrons. The van der Waals surface area contributed by atoms with Crippen molar-refractivity contribution in [3.05, 3.63) is 35.6 Å². The first-order valence-electron chi connectivity index (χ1n) is 7.30. The van der Waals surface area contributed by atoms with Crippen LogP contribution < -0.4 is 5.32 Å². The number of hydrogen-bond donors (Lipinski definition) is 2. The lowest BCUT2D eigenvalue weighted by molar-refractivity contribution is 0.0231. The van der Waals surface area contributed by atoms with Gasteiger partial charge in [0.1, 0.15) is 5.82 Å². The van der Waals surface area contributed by atoms with Gasteiger partial charge in [0.2, 0.25) is 0 Å². The van der Waals surface area contributed by atoms with Crippen molar-refractivity contribution in [2.45, 2.75) is 57.1 Å². The molecule has 0 aromatic heterocycles. The summed E-state index contributed by atoms with van der Waals surface area (Å²) in [7, 11) is 0. The van der Waals surface area contributed by atoms with Gasteiger partial charge < -0.3 is 10.4 Å². The summed E-state index contributed by atoms with van der Waals surface area (Å²) in [6.07, 6.45) is 6.46. The Labute approximate surface area is 115 Å². The van der Waals surface area contributed by atoms with Crippen LogP contribution in [-0.4, -0.2) is 17.3 Å². The van der Waals surface area contributed by atoms with Gasteiger partial charge >= 0.3 is 0 Å². The van der Waals surface area contributed by atoms with Gasteiger partial charge in [0, 0.05) is 12.6 Å². The van der Waals surface area contributed by atoms with Gasteiger partial charge in [-0.1, -0.05) is 37.8 Å². The minimum absolute atomic E-state index is 0.132. The highest BCUT2D eigenvalue weighted by Crippen LogP contribution is 2.27. The number of benzene rings is 1. The Morgan fingerprint density at radius 2 is 1.74 bits per heavy atom. The quantitative estimate of drug-likeness (QED) is 0.816. The van der Waals surface area contributed by atoms with E-state index in [1.54, 1.807) is 12.1 Å². The second-order valence-electron chi connectivity index (χ2n) is 5.79. The minimum atomic E-state index is -0.565. The molecule has 0 radical (unpaired) electrons. The SMILES string of the molecule is C[C@@H](NCC1(O)CCCCCC1)c1ccc(F)cc1. The van der Waals surface area contributed by atoms with E-state index in [-0.39, 0.29) is 11.9 Å². The monoisotopic (exact) mass is 265 g/mol. The Balaban J connectivity index is 1.88. The van der Waals surface area contributed by atoms with E-state index in [9.17, 15) is 9.50 Å². The minimum Gasteiger partial charge on any atom is -0.389 e. The van der Waals surface area contributed by atoms with Crippen molar-refractivity contribution in [3.8, 4) is 0 Å². The molecule has 0 aliphatic heterocycles. The molecule has 2 nitrogen and oxygen atoms in total. The number of nitrogens with one attached hydrogen (secondary N) is 1. The van der Waals surface area contributed by atoms with Gasteiger partial charge in [0.05, 0.1) is 5.60 Å². The van der Waals surface area contributed by atoms with Crippen molar-refractivity contribution >= 4 is 0 Å². The van der Waals surface area contributed by atoms with Gasteiger partial charge in [-0.3, -0.25) is 0 Å². The summed E-state index contributed by atoms with van der Waals surface area (Å²) in [5.41, 5.74) is 0.490. The summed E-state index contributed by atoms with van der Waals surface area (Å²) in [4.78, 5) is 0. The molecule has 1 fully saturated rings. The summed E-state index contributed by atoms with van der Waals surface area (Å²) in [5, 5.41) is 14.0. The summed E-state index contributed by atoms with van der Waals surface area (Å²) in [6, 6.07) is 6.68. The molecular formula is C16H24FNO. The van der Waals surface area contributed by atoms with Crippen LogP contribution in [0.3, 0.4) is 0 Å². The molecule has 2 rings (SSSR count). The topological polar surface area (TPSA) is 32.3 Å². The first-order valence-corrected chi connectivity index (χ1v) is 7.30. The summed E-state index contributed by atoms with van der Waals surface area (Å²) in [6.45, 7) is 2.67. The molecule has 2 N–H and O–H groups in total. The van der Waals surface area contributed by atoms with Crippen molar-refractivity contribution in [1.29, 1.82) is 0 Å². The van der Waals surface area contributed by atoms with Crippen LogP contribution in [0.25, 0.3) is 0 Å². The molecule has 0 heterocycles. The van der Waals surface area contributed by atoms with Crippen LogP contribution in [0, 0.1) is 5.82 Å². The molecule has 1 aromatic carbocycles. The number of halogens is 1.